The highest BCUT2D eigenvalue weighted by Crippen LogP contribution is 2.29. The maximum absolute atomic E-state index is 11.3. The van der Waals surface area contributed by atoms with Crippen LogP contribution in [0.25, 0.3) is 10.8 Å². The number of allylic oxidation sites excluding steroid dienone is 1. The lowest BCUT2D eigenvalue weighted by Crippen LogP contribution is -2.09. The molecule has 6 nitrogen and oxygen atoms in total. The third-order valence-electron chi connectivity index (χ3n) is 2.38. The second-order valence-electron chi connectivity index (χ2n) is 3.97. The van der Waals surface area contributed by atoms with Gasteiger partial charge in [0.15, 0.2) is 0 Å². The van der Waals surface area contributed by atoms with Gasteiger partial charge in [-0.1, -0.05) is 36.4 Å². The Morgan fingerprint density at radius 3 is 1.95 bits per heavy atom. The summed E-state index contributed by atoms with van der Waals surface area (Å²) in [6.45, 7) is 5.25. The normalized spacial score (nSPS) is 11.6. The number of fused-ring (bicyclic) bond motifs is 1. The van der Waals surface area contributed by atoms with Crippen molar-refractivity contribution in [1.29, 1.82) is 0 Å². The molecule has 0 aromatic heterocycles. The summed E-state index contributed by atoms with van der Waals surface area (Å²) in [6, 6.07) is 8.28. The fourth-order valence-electron chi connectivity index (χ4n) is 1.69. The van der Waals surface area contributed by atoms with Crippen LogP contribution in [0.2, 0.25) is 0 Å². The van der Waals surface area contributed by atoms with Crippen LogP contribution in [0.3, 0.4) is 0 Å². The van der Waals surface area contributed by atoms with E-state index in [1.54, 1.807) is 18.2 Å². The first-order valence-corrected chi connectivity index (χ1v) is 8.54. The molecule has 0 unspecified atom stereocenters. The van der Waals surface area contributed by atoms with E-state index >= 15 is 0 Å². The molecule has 0 atom stereocenters. The van der Waals surface area contributed by atoms with Crippen molar-refractivity contribution in [3.63, 3.8) is 0 Å². The fourth-order valence-corrected chi connectivity index (χ4v) is 3.69. The van der Waals surface area contributed by atoms with Crippen LogP contribution in [-0.2, 0) is 20.2 Å². The van der Waals surface area contributed by atoms with Gasteiger partial charge in [-0.2, -0.15) is 16.8 Å². The molecule has 0 aliphatic heterocycles. The molecule has 114 valence electrons. The Morgan fingerprint density at radius 2 is 1.48 bits per heavy atom. The van der Waals surface area contributed by atoms with Gasteiger partial charge in [0.05, 0.1) is 0 Å². The van der Waals surface area contributed by atoms with Crippen LogP contribution >= 0.6 is 0 Å². The quantitative estimate of drug-likeness (QED) is 0.647. The topological polar surface area (TPSA) is 109 Å². The van der Waals surface area contributed by atoms with Gasteiger partial charge in [-0.3, -0.25) is 9.11 Å². The second kappa shape index (κ2) is 6.35. The summed E-state index contributed by atoms with van der Waals surface area (Å²) < 4.78 is 63.0. The van der Waals surface area contributed by atoms with Crippen molar-refractivity contribution >= 4 is 31.0 Å². The summed E-state index contributed by atoms with van der Waals surface area (Å²) in [5.74, 6) is 0. The highest BCUT2D eigenvalue weighted by atomic mass is 32.2. The van der Waals surface area contributed by atoms with Gasteiger partial charge in [0, 0.05) is 5.39 Å². The first-order chi connectivity index (χ1) is 9.62. The zero-order chi connectivity index (χ0) is 16.3. The minimum absolute atomic E-state index is 0.0233. The molecule has 2 aromatic rings. The molecule has 0 bridgehead atoms. The van der Waals surface area contributed by atoms with Crippen molar-refractivity contribution in [2.24, 2.45) is 0 Å². The van der Waals surface area contributed by atoms with Crippen molar-refractivity contribution in [2.75, 3.05) is 0 Å². The molecule has 0 amide bonds. The number of hydrogen-bond acceptors (Lipinski definition) is 4. The molecular weight excluding hydrogens is 316 g/mol. The van der Waals surface area contributed by atoms with Gasteiger partial charge in [-0.05, 0) is 18.4 Å². The van der Waals surface area contributed by atoms with Crippen LogP contribution in [0, 0.1) is 0 Å². The molecule has 0 saturated carbocycles. The molecule has 0 aliphatic carbocycles. The van der Waals surface area contributed by atoms with E-state index in [4.69, 9.17) is 9.11 Å². The van der Waals surface area contributed by atoms with E-state index in [0.29, 0.717) is 5.39 Å². The van der Waals surface area contributed by atoms with Gasteiger partial charge in [0.1, 0.15) is 9.79 Å². The smallest absolute Gasteiger partial charge is 0.282 e. The molecule has 21 heavy (non-hydrogen) atoms. The number of hydrogen-bond donors (Lipinski definition) is 2. The minimum atomic E-state index is -4.78. The Balaban J connectivity index is 0.000000677. The zero-order valence-corrected chi connectivity index (χ0v) is 12.7. The first-order valence-electron chi connectivity index (χ1n) is 5.66. The molecule has 0 spiro atoms. The predicted octanol–water partition coefficient (Wildman–Crippen LogP) is 2.53. The van der Waals surface area contributed by atoms with Gasteiger partial charge in [0.25, 0.3) is 20.2 Å². The van der Waals surface area contributed by atoms with Crippen molar-refractivity contribution in [3.8, 4) is 0 Å². The highest BCUT2D eigenvalue weighted by molar-refractivity contribution is 7.89. The molecule has 0 radical (unpaired) electrons. The summed E-state index contributed by atoms with van der Waals surface area (Å²) >= 11 is 0. The summed E-state index contributed by atoms with van der Waals surface area (Å²) in [4.78, 5) is -1.66. The first kappa shape index (κ1) is 17.3. The lowest BCUT2D eigenvalue weighted by molar-refractivity contribution is 0.467. The SMILES string of the molecule is C=CC.O=S(=O)(O)c1ccc2ccccc2c1S(=O)(=O)O. The Labute approximate surface area is 123 Å². The van der Waals surface area contributed by atoms with Crippen LogP contribution in [0.4, 0.5) is 0 Å². The maximum Gasteiger partial charge on any atom is 0.296 e. The van der Waals surface area contributed by atoms with Crippen LogP contribution in [0.1, 0.15) is 6.92 Å². The highest BCUT2D eigenvalue weighted by Gasteiger charge is 2.26. The molecule has 2 aromatic carbocycles. The summed E-state index contributed by atoms with van der Waals surface area (Å²) in [5, 5.41) is 0.452. The van der Waals surface area contributed by atoms with Gasteiger partial charge in [-0.15, -0.1) is 6.58 Å². The Bertz CT molecular complexity index is 867. The van der Waals surface area contributed by atoms with E-state index < -0.39 is 30.0 Å². The monoisotopic (exact) mass is 330 g/mol. The lowest BCUT2D eigenvalue weighted by Gasteiger charge is -2.08. The van der Waals surface area contributed by atoms with E-state index in [2.05, 4.69) is 6.58 Å². The van der Waals surface area contributed by atoms with Crippen molar-refractivity contribution in [2.45, 2.75) is 16.7 Å². The minimum Gasteiger partial charge on any atom is -0.282 e. The van der Waals surface area contributed by atoms with E-state index in [0.717, 1.165) is 6.07 Å². The van der Waals surface area contributed by atoms with Crippen LogP contribution < -0.4 is 0 Å². The standard InChI is InChI=1S/C10H8O6S2.C3H6/c11-17(12,13)9-6-5-7-3-1-2-4-8(7)10(9)18(14,15)16;1-3-2/h1-6H,(H,11,12,13)(H,14,15,16);3H,1H2,2H3. The van der Waals surface area contributed by atoms with Gasteiger partial charge < -0.3 is 0 Å². The maximum atomic E-state index is 11.3. The van der Waals surface area contributed by atoms with Gasteiger partial charge in [-0.25, -0.2) is 0 Å². The average Bonchev–Trinajstić information content (AvgIpc) is 2.36. The van der Waals surface area contributed by atoms with Crippen molar-refractivity contribution < 1.29 is 25.9 Å². The molecule has 0 heterocycles. The third kappa shape index (κ3) is 4.11. The van der Waals surface area contributed by atoms with E-state index in [1.165, 1.54) is 18.2 Å². The van der Waals surface area contributed by atoms with Crippen molar-refractivity contribution in [1.82, 2.24) is 0 Å². The Morgan fingerprint density at radius 1 is 0.952 bits per heavy atom. The summed E-state index contributed by atoms with van der Waals surface area (Å²) in [7, 11) is -9.53. The molecule has 0 aliphatic rings. The van der Waals surface area contributed by atoms with E-state index in [9.17, 15) is 16.8 Å². The van der Waals surface area contributed by atoms with E-state index in [1.807, 2.05) is 6.92 Å². The van der Waals surface area contributed by atoms with Crippen LogP contribution in [-0.4, -0.2) is 25.9 Å². The Kier molecular flexibility index (Phi) is 5.24. The van der Waals surface area contributed by atoms with Crippen LogP contribution in [0.5, 0.6) is 0 Å². The molecule has 0 fully saturated rings. The Hall–Kier alpha value is -1.74. The zero-order valence-electron chi connectivity index (χ0n) is 11.1. The summed E-state index contributed by atoms with van der Waals surface area (Å²) in [6.07, 6.45) is 1.75. The lowest BCUT2D eigenvalue weighted by atomic mass is 10.1. The fraction of sp³-hybridized carbons (Fsp3) is 0.0769. The predicted molar refractivity (Wildman–Crippen MR) is 79.4 cm³/mol. The molecule has 0 saturated heterocycles. The largest absolute Gasteiger partial charge is 0.296 e. The molecule has 2 N–H and O–H groups in total. The molecule has 8 heteroatoms. The average molecular weight is 330 g/mol. The summed E-state index contributed by atoms with van der Waals surface area (Å²) in [5.41, 5.74) is 0. The third-order valence-corrected chi connectivity index (χ3v) is 4.36. The van der Waals surface area contributed by atoms with Gasteiger partial charge in [0.2, 0.25) is 0 Å². The van der Waals surface area contributed by atoms with Gasteiger partial charge >= 0.3 is 0 Å². The van der Waals surface area contributed by atoms with Crippen LogP contribution in [0.15, 0.2) is 58.8 Å². The molecule has 2 rings (SSSR count). The molecular formula is C13H14O6S2. The number of benzene rings is 2. The van der Waals surface area contributed by atoms with Crippen molar-refractivity contribution in [3.05, 3.63) is 49.1 Å². The second-order valence-corrected chi connectivity index (χ2v) is 6.72. The van der Waals surface area contributed by atoms with E-state index in [-0.39, 0.29) is 5.39 Å². The number of rotatable bonds is 2.